The van der Waals surface area contributed by atoms with Gasteiger partial charge in [-0.1, -0.05) is 0 Å². The molecule has 0 saturated carbocycles. The number of fused-ring (bicyclic) bond motifs is 1. The molecule has 3 aromatic heterocycles. The Morgan fingerprint density at radius 3 is 2.90 bits per heavy atom. The third kappa shape index (κ3) is 2.03. The van der Waals surface area contributed by atoms with Crippen LogP contribution in [0.2, 0.25) is 0 Å². The van der Waals surface area contributed by atoms with Crippen LogP contribution in [0.4, 0.5) is 5.95 Å². The largest absolute Gasteiger partial charge is 0.368 e. The summed E-state index contributed by atoms with van der Waals surface area (Å²) >= 11 is 1.24. The molecule has 4 N–H and O–H groups in total. The summed E-state index contributed by atoms with van der Waals surface area (Å²) in [6.45, 7) is 3.81. The Kier molecular flexibility index (Phi) is 2.93. The highest BCUT2D eigenvalue weighted by molar-refractivity contribution is 7.99. The lowest BCUT2D eigenvalue weighted by atomic mass is 10.4. The molecule has 0 spiro atoms. The first-order valence-electron chi connectivity index (χ1n) is 5.87. The van der Waals surface area contributed by atoms with Gasteiger partial charge in [-0.3, -0.25) is 9.67 Å². The van der Waals surface area contributed by atoms with E-state index in [-0.39, 0.29) is 17.7 Å². The minimum Gasteiger partial charge on any atom is -0.368 e. The molecule has 0 aliphatic rings. The van der Waals surface area contributed by atoms with Crippen LogP contribution in [0.25, 0.3) is 11.0 Å². The summed E-state index contributed by atoms with van der Waals surface area (Å²) in [5, 5.41) is 14.9. The molecule has 104 valence electrons. The van der Waals surface area contributed by atoms with Crippen LogP contribution >= 0.6 is 11.8 Å². The SMILES string of the molecule is CC(C)n1c(Sc2nc(N)nc3[nH]ncc23)n[nH]c1=O. The summed E-state index contributed by atoms with van der Waals surface area (Å²) in [7, 11) is 0. The molecule has 0 amide bonds. The molecule has 0 aromatic carbocycles. The zero-order valence-electron chi connectivity index (χ0n) is 10.8. The van der Waals surface area contributed by atoms with Crippen molar-refractivity contribution in [2.24, 2.45) is 0 Å². The lowest BCUT2D eigenvalue weighted by Crippen LogP contribution is -2.19. The Bertz CT molecular complexity index is 816. The molecule has 3 aromatic rings. The number of hydrogen-bond donors (Lipinski definition) is 3. The van der Waals surface area contributed by atoms with Crippen LogP contribution in [0.15, 0.2) is 21.2 Å². The Hall–Kier alpha value is -2.36. The highest BCUT2D eigenvalue weighted by Gasteiger charge is 2.16. The van der Waals surface area contributed by atoms with Gasteiger partial charge in [0.05, 0.1) is 11.6 Å². The average Bonchev–Trinajstić information content (AvgIpc) is 2.95. The highest BCUT2D eigenvalue weighted by Crippen LogP contribution is 2.30. The maximum atomic E-state index is 11.7. The number of anilines is 1. The van der Waals surface area contributed by atoms with Crippen molar-refractivity contribution in [3.63, 3.8) is 0 Å². The summed E-state index contributed by atoms with van der Waals surface area (Å²) in [6, 6.07) is -0.0113. The number of rotatable bonds is 3. The Morgan fingerprint density at radius 2 is 2.15 bits per heavy atom. The zero-order chi connectivity index (χ0) is 14.3. The summed E-state index contributed by atoms with van der Waals surface area (Å²) in [6.07, 6.45) is 1.61. The van der Waals surface area contributed by atoms with E-state index in [2.05, 4.69) is 30.4 Å². The van der Waals surface area contributed by atoms with E-state index in [9.17, 15) is 4.79 Å². The van der Waals surface area contributed by atoms with Crippen LogP contribution in [-0.4, -0.2) is 34.9 Å². The monoisotopic (exact) mass is 292 g/mol. The molecule has 0 aliphatic heterocycles. The second-order valence-electron chi connectivity index (χ2n) is 4.40. The van der Waals surface area contributed by atoms with E-state index in [0.29, 0.717) is 15.8 Å². The molecule has 20 heavy (non-hydrogen) atoms. The Morgan fingerprint density at radius 1 is 1.35 bits per heavy atom. The van der Waals surface area contributed by atoms with Gasteiger partial charge in [-0.05, 0) is 25.6 Å². The fraction of sp³-hybridized carbons (Fsp3) is 0.300. The van der Waals surface area contributed by atoms with E-state index in [1.54, 1.807) is 10.8 Å². The van der Waals surface area contributed by atoms with Crippen LogP contribution in [0.1, 0.15) is 19.9 Å². The molecule has 3 heterocycles. The zero-order valence-corrected chi connectivity index (χ0v) is 11.6. The number of aromatic amines is 2. The predicted octanol–water partition coefficient (Wildman–Crippen LogP) is 0.552. The third-order valence-corrected chi connectivity index (χ3v) is 3.64. The number of nitrogens with one attached hydrogen (secondary N) is 2. The molecule has 0 unspecified atom stereocenters. The Labute approximate surface area is 117 Å². The number of H-pyrrole nitrogens is 2. The van der Waals surface area contributed by atoms with E-state index in [0.717, 1.165) is 5.39 Å². The highest BCUT2D eigenvalue weighted by atomic mass is 32.2. The average molecular weight is 292 g/mol. The smallest absolute Gasteiger partial charge is 0.344 e. The Balaban J connectivity index is 2.10. The van der Waals surface area contributed by atoms with Crippen molar-refractivity contribution in [1.82, 2.24) is 34.9 Å². The summed E-state index contributed by atoms with van der Waals surface area (Å²) in [5.41, 5.74) is 5.95. The molecule has 0 saturated heterocycles. The van der Waals surface area contributed by atoms with Gasteiger partial charge in [0.15, 0.2) is 10.8 Å². The molecular formula is C10H12N8OS. The molecule has 0 fully saturated rings. The van der Waals surface area contributed by atoms with Crippen molar-refractivity contribution < 1.29 is 0 Å². The van der Waals surface area contributed by atoms with Crippen molar-refractivity contribution >= 4 is 28.7 Å². The van der Waals surface area contributed by atoms with Gasteiger partial charge in [0.1, 0.15) is 5.03 Å². The molecule has 10 heteroatoms. The maximum absolute atomic E-state index is 11.7. The first-order valence-corrected chi connectivity index (χ1v) is 6.69. The van der Waals surface area contributed by atoms with Gasteiger partial charge < -0.3 is 5.73 Å². The second kappa shape index (κ2) is 4.63. The fourth-order valence-corrected chi connectivity index (χ4v) is 2.86. The van der Waals surface area contributed by atoms with Gasteiger partial charge in [0.2, 0.25) is 5.95 Å². The van der Waals surface area contributed by atoms with Crippen molar-refractivity contribution in [2.75, 3.05) is 5.73 Å². The normalized spacial score (nSPS) is 11.6. The topological polar surface area (TPSA) is 131 Å². The van der Waals surface area contributed by atoms with Crippen LogP contribution in [0.5, 0.6) is 0 Å². The van der Waals surface area contributed by atoms with Crippen LogP contribution < -0.4 is 11.4 Å². The molecule has 0 atom stereocenters. The minimum absolute atomic E-state index is 0.0113. The predicted molar refractivity (Wildman–Crippen MR) is 73.5 cm³/mol. The summed E-state index contributed by atoms with van der Waals surface area (Å²) < 4.78 is 1.55. The van der Waals surface area contributed by atoms with E-state index in [1.165, 1.54) is 11.8 Å². The van der Waals surface area contributed by atoms with Crippen LogP contribution in [0, 0.1) is 0 Å². The molecule has 0 aliphatic carbocycles. The van der Waals surface area contributed by atoms with Gasteiger partial charge in [-0.25, -0.2) is 14.9 Å². The molecular weight excluding hydrogens is 280 g/mol. The van der Waals surface area contributed by atoms with E-state index < -0.39 is 0 Å². The van der Waals surface area contributed by atoms with Crippen LogP contribution in [-0.2, 0) is 0 Å². The van der Waals surface area contributed by atoms with Gasteiger partial charge in [-0.15, -0.1) is 5.10 Å². The van der Waals surface area contributed by atoms with Crippen molar-refractivity contribution in [1.29, 1.82) is 0 Å². The standard InChI is InChI=1S/C10H12N8OS/c1-4(2)18-9(19)16-17-10(18)20-7-5-3-12-15-6(5)13-8(11)14-7/h3-4H,1-2H3,(H,16,19)(H3,11,12,13,14,15). The minimum atomic E-state index is -0.257. The summed E-state index contributed by atoms with van der Waals surface area (Å²) in [5.74, 6) is 0.137. The van der Waals surface area contributed by atoms with Gasteiger partial charge in [-0.2, -0.15) is 10.1 Å². The van der Waals surface area contributed by atoms with E-state index >= 15 is 0 Å². The molecule has 0 radical (unpaired) electrons. The van der Waals surface area contributed by atoms with Gasteiger partial charge in [0.25, 0.3) is 0 Å². The number of nitrogen functional groups attached to an aromatic ring is 1. The van der Waals surface area contributed by atoms with Crippen molar-refractivity contribution in [3.8, 4) is 0 Å². The van der Waals surface area contributed by atoms with Crippen molar-refractivity contribution in [2.45, 2.75) is 30.1 Å². The molecule has 0 bridgehead atoms. The number of nitrogens with two attached hydrogens (primary N) is 1. The van der Waals surface area contributed by atoms with Gasteiger partial charge in [0, 0.05) is 6.04 Å². The number of nitrogens with zero attached hydrogens (tertiary/aromatic N) is 5. The number of hydrogen-bond acceptors (Lipinski definition) is 7. The molecule has 3 rings (SSSR count). The first kappa shape index (κ1) is 12.7. The summed E-state index contributed by atoms with van der Waals surface area (Å²) in [4.78, 5) is 19.9. The lowest BCUT2D eigenvalue weighted by Gasteiger charge is -2.08. The second-order valence-corrected chi connectivity index (χ2v) is 5.35. The fourth-order valence-electron chi connectivity index (χ4n) is 1.81. The van der Waals surface area contributed by atoms with Crippen molar-refractivity contribution in [3.05, 3.63) is 16.7 Å². The molecule has 9 nitrogen and oxygen atoms in total. The quantitative estimate of drug-likeness (QED) is 0.601. The van der Waals surface area contributed by atoms with E-state index in [1.807, 2.05) is 13.8 Å². The maximum Gasteiger partial charge on any atom is 0.344 e. The first-order chi connectivity index (χ1) is 9.56. The number of aromatic nitrogens is 7. The third-order valence-electron chi connectivity index (χ3n) is 2.67. The lowest BCUT2D eigenvalue weighted by molar-refractivity contribution is 0.534. The van der Waals surface area contributed by atoms with E-state index in [4.69, 9.17) is 5.73 Å². The van der Waals surface area contributed by atoms with Crippen LogP contribution in [0.3, 0.4) is 0 Å². The van der Waals surface area contributed by atoms with Gasteiger partial charge >= 0.3 is 5.69 Å².